The van der Waals surface area contributed by atoms with Gasteiger partial charge in [-0.05, 0) is 34.1 Å². The van der Waals surface area contributed by atoms with Gasteiger partial charge in [0.25, 0.3) is 0 Å². The molecule has 0 amide bonds. The summed E-state index contributed by atoms with van der Waals surface area (Å²) in [5.74, 6) is 1.54. The number of nitrogens with zero attached hydrogens (tertiary/aromatic N) is 1. The number of benzene rings is 1. The van der Waals surface area contributed by atoms with Crippen LogP contribution in [-0.2, 0) is 6.61 Å². The second-order valence-corrected chi connectivity index (χ2v) is 4.44. The first-order valence-electron chi connectivity index (χ1n) is 5.30. The first-order chi connectivity index (χ1) is 8.74. The quantitative estimate of drug-likeness (QED) is 0.942. The van der Waals surface area contributed by atoms with Crippen molar-refractivity contribution >= 4 is 15.9 Å². The van der Waals surface area contributed by atoms with Crippen molar-refractivity contribution in [2.75, 3.05) is 7.11 Å². The molecule has 5 heteroatoms. The van der Waals surface area contributed by atoms with E-state index in [4.69, 9.17) is 9.47 Å². The number of aliphatic hydroxyl groups is 1. The summed E-state index contributed by atoms with van der Waals surface area (Å²) in [6.45, 7) is -0.142. The molecular weight excluding hydrogens is 298 g/mol. The Morgan fingerprint density at radius 2 is 2.00 bits per heavy atom. The largest absolute Gasteiger partial charge is 0.493 e. The molecule has 1 N–H and O–H groups in total. The van der Waals surface area contributed by atoms with E-state index in [1.807, 2.05) is 12.1 Å². The van der Waals surface area contributed by atoms with Gasteiger partial charge in [-0.25, -0.2) is 4.98 Å². The van der Waals surface area contributed by atoms with Gasteiger partial charge in [0.1, 0.15) is 0 Å². The molecular formula is C13H12BrNO3. The van der Waals surface area contributed by atoms with Crippen LogP contribution in [0.5, 0.6) is 17.4 Å². The van der Waals surface area contributed by atoms with E-state index in [1.165, 1.54) is 0 Å². The van der Waals surface area contributed by atoms with Crippen LogP contribution in [-0.4, -0.2) is 17.2 Å². The third-order valence-electron chi connectivity index (χ3n) is 2.34. The maximum Gasteiger partial charge on any atom is 0.225 e. The van der Waals surface area contributed by atoms with E-state index in [0.29, 0.717) is 22.9 Å². The average molecular weight is 310 g/mol. The van der Waals surface area contributed by atoms with Crippen molar-refractivity contribution in [1.82, 2.24) is 4.98 Å². The highest BCUT2D eigenvalue weighted by atomic mass is 79.9. The Kier molecular flexibility index (Phi) is 4.17. The van der Waals surface area contributed by atoms with Crippen LogP contribution >= 0.6 is 15.9 Å². The van der Waals surface area contributed by atoms with Crippen molar-refractivity contribution in [2.24, 2.45) is 0 Å². The minimum atomic E-state index is -0.142. The molecule has 4 nitrogen and oxygen atoms in total. The Morgan fingerprint density at radius 3 is 2.67 bits per heavy atom. The molecule has 0 saturated heterocycles. The highest BCUT2D eigenvalue weighted by Crippen LogP contribution is 2.32. The molecule has 0 fully saturated rings. The van der Waals surface area contributed by atoms with E-state index in [0.717, 1.165) is 4.47 Å². The second-order valence-electron chi connectivity index (χ2n) is 3.53. The van der Waals surface area contributed by atoms with Gasteiger partial charge in [-0.2, -0.15) is 0 Å². The molecule has 0 unspecified atom stereocenters. The van der Waals surface area contributed by atoms with Crippen LogP contribution in [0.25, 0.3) is 0 Å². The van der Waals surface area contributed by atoms with Gasteiger partial charge in [0, 0.05) is 16.2 Å². The molecule has 0 aliphatic carbocycles. The van der Waals surface area contributed by atoms with Gasteiger partial charge in [-0.3, -0.25) is 0 Å². The van der Waals surface area contributed by atoms with Crippen molar-refractivity contribution in [2.45, 2.75) is 6.61 Å². The first-order valence-corrected chi connectivity index (χ1v) is 6.10. The van der Waals surface area contributed by atoms with E-state index >= 15 is 0 Å². The maximum atomic E-state index is 9.28. The highest BCUT2D eigenvalue weighted by molar-refractivity contribution is 9.10. The predicted molar refractivity (Wildman–Crippen MR) is 70.9 cm³/mol. The molecule has 1 aromatic carbocycles. The lowest BCUT2D eigenvalue weighted by Gasteiger charge is -2.11. The number of rotatable bonds is 4. The molecule has 0 spiro atoms. The van der Waals surface area contributed by atoms with E-state index < -0.39 is 0 Å². The number of methoxy groups -OCH3 is 1. The SMILES string of the molecule is COc1ccccc1Oc1ncc(Br)cc1CO. The summed E-state index contributed by atoms with van der Waals surface area (Å²) in [6, 6.07) is 9.04. The lowest BCUT2D eigenvalue weighted by molar-refractivity contribution is 0.274. The number of para-hydroxylation sites is 2. The fourth-order valence-corrected chi connectivity index (χ4v) is 1.86. The number of ether oxygens (including phenoxy) is 2. The number of halogens is 1. The fourth-order valence-electron chi connectivity index (χ4n) is 1.48. The van der Waals surface area contributed by atoms with Crippen LogP contribution in [0.1, 0.15) is 5.56 Å². The molecule has 0 bridgehead atoms. The Balaban J connectivity index is 2.33. The molecule has 18 heavy (non-hydrogen) atoms. The van der Waals surface area contributed by atoms with Crippen LogP contribution in [0, 0.1) is 0 Å². The van der Waals surface area contributed by atoms with Crippen LogP contribution in [0.15, 0.2) is 41.0 Å². The van der Waals surface area contributed by atoms with E-state index in [1.54, 1.807) is 31.5 Å². The highest BCUT2D eigenvalue weighted by Gasteiger charge is 2.09. The molecule has 0 saturated carbocycles. The van der Waals surface area contributed by atoms with Crippen molar-refractivity contribution in [3.8, 4) is 17.4 Å². The molecule has 0 aliphatic rings. The van der Waals surface area contributed by atoms with Crippen LogP contribution in [0.3, 0.4) is 0 Å². The molecule has 2 aromatic rings. The third-order valence-corrected chi connectivity index (χ3v) is 2.77. The van der Waals surface area contributed by atoms with Crippen LogP contribution in [0.2, 0.25) is 0 Å². The molecule has 0 radical (unpaired) electrons. The molecule has 1 aromatic heterocycles. The van der Waals surface area contributed by atoms with Gasteiger partial charge in [0.15, 0.2) is 11.5 Å². The summed E-state index contributed by atoms with van der Waals surface area (Å²) in [5, 5.41) is 9.28. The number of hydrogen-bond donors (Lipinski definition) is 1. The predicted octanol–water partition coefficient (Wildman–Crippen LogP) is 3.14. The van der Waals surface area contributed by atoms with Crippen molar-refractivity contribution in [1.29, 1.82) is 0 Å². The van der Waals surface area contributed by atoms with Crippen LogP contribution in [0.4, 0.5) is 0 Å². The zero-order valence-corrected chi connectivity index (χ0v) is 11.3. The van der Waals surface area contributed by atoms with E-state index in [2.05, 4.69) is 20.9 Å². The average Bonchev–Trinajstić information content (AvgIpc) is 2.41. The smallest absolute Gasteiger partial charge is 0.225 e. The summed E-state index contributed by atoms with van der Waals surface area (Å²) >= 11 is 3.30. The van der Waals surface area contributed by atoms with Gasteiger partial charge >= 0.3 is 0 Å². The number of hydrogen-bond acceptors (Lipinski definition) is 4. The van der Waals surface area contributed by atoms with Gasteiger partial charge in [-0.1, -0.05) is 12.1 Å². The second kappa shape index (κ2) is 5.84. The fraction of sp³-hybridized carbons (Fsp3) is 0.154. The summed E-state index contributed by atoms with van der Waals surface area (Å²) in [6.07, 6.45) is 1.61. The summed E-state index contributed by atoms with van der Waals surface area (Å²) < 4.78 is 11.6. The Bertz CT molecular complexity index is 546. The van der Waals surface area contributed by atoms with Crippen molar-refractivity contribution in [3.63, 3.8) is 0 Å². The van der Waals surface area contributed by atoms with Crippen LogP contribution < -0.4 is 9.47 Å². The van der Waals surface area contributed by atoms with Gasteiger partial charge in [0.05, 0.1) is 13.7 Å². The lowest BCUT2D eigenvalue weighted by Crippen LogP contribution is -1.96. The monoisotopic (exact) mass is 309 g/mol. The van der Waals surface area contributed by atoms with Gasteiger partial charge in [0.2, 0.25) is 5.88 Å². The molecule has 94 valence electrons. The van der Waals surface area contributed by atoms with Crippen molar-refractivity contribution < 1.29 is 14.6 Å². The summed E-state index contributed by atoms with van der Waals surface area (Å²) in [5.41, 5.74) is 0.607. The zero-order chi connectivity index (χ0) is 13.0. The Morgan fingerprint density at radius 1 is 1.28 bits per heavy atom. The zero-order valence-electron chi connectivity index (χ0n) is 9.76. The topological polar surface area (TPSA) is 51.6 Å². The maximum absolute atomic E-state index is 9.28. The molecule has 0 atom stereocenters. The number of pyridine rings is 1. The van der Waals surface area contributed by atoms with Gasteiger partial charge in [-0.15, -0.1) is 0 Å². The van der Waals surface area contributed by atoms with Gasteiger partial charge < -0.3 is 14.6 Å². The minimum absolute atomic E-state index is 0.142. The lowest BCUT2D eigenvalue weighted by atomic mass is 10.3. The Labute approximate surface area is 113 Å². The molecule has 0 aliphatic heterocycles. The normalized spacial score (nSPS) is 10.2. The molecule has 2 rings (SSSR count). The third kappa shape index (κ3) is 2.80. The Hall–Kier alpha value is -1.59. The standard InChI is InChI=1S/C13H12BrNO3/c1-17-11-4-2-3-5-12(11)18-13-9(8-16)6-10(14)7-15-13/h2-7,16H,8H2,1H3. The minimum Gasteiger partial charge on any atom is -0.493 e. The van der Waals surface area contributed by atoms with E-state index in [9.17, 15) is 5.11 Å². The van der Waals surface area contributed by atoms with E-state index in [-0.39, 0.29) is 6.61 Å². The first kappa shape index (κ1) is 12.9. The summed E-state index contributed by atoms with van der Waals surface area (Å²) in [4.78, 5) is 4.14. The number of aliphatic hydroxyl groups excluding tert-OH is 1. The van der Waals surface area contributed by atoms with Crippen molar-refractivity contribution in [3.05, 3.63) is 46.6 Å². The summed E-state index contributed by atoms with van der Waals surface area (Å²) in [7, 11) is 1.57. The number of aromatic nitrogens is 1. The molecule has 1 heterocycles.